The van der Waals surface area contributed by atoms with Crippen LogP contribution >= 0.6 is 0 Å². The molecule has 1 aliphatic heterocycles. The fraction of sp³-hybridized carbons (Fsp3) is 0.235. The molecule has 6 rings (SSSR count). The van der Waals surface area contributed by atoms with E-state index in [4.69, 9.17) is 14.7 Å². The SMILES string of the molecule is CC1(C)COCC1n1c(Cc2cc(F)c(-c3cccc(OCc4ccc(C#N)cc4)n3)cc2F)nc2cc(F)c(C(=O)O)cc21. The first-order chi connectivity index (χ1) is 21.5. The first-order valence-electron chi connectivity index (χ1n) is 14.1. The Morgan fingerprint density at radius 1 is 1.07 bits per heavy atom. The van der Waals surface area contributed by atoms with Crippen molar-refractivity contribution < 1.29 is 32.5 Å². The molecule has 3 aromatic carbocycles. The van der Waals surface area contributed by atoms with Gasteiger partial charge >= 0.3 is 5.97 Å². The minimum Gasteiger partial charge on any atom is -0.478 e. The molecular weight excluding hydrogens is 585 g/mol. The topological polar surface area (TPSA) is 110 Å². The van der Waals surface area contributed by atoms with Crippen molar-refractivity contribution in [2.45, 2.75) is 32.9 Å². The Kier molecular flexibility index (Phi) is 7.76. The Morgan fingerprint density at radius 2 is 1.84 bits per heavy atom. The van der Waals surface area contributed by atoms with Gasteiger partial charge in [-0.2, -0.15) is 5.26 Å². The zero-order valence-corrected chi connectivity index (χ0v) is 24.4. The molecule has 1 atom stereocenters. The molecule has 0 amide bonds. The van der Waals surface area contributed by atoms with Gasteiger partial charge in [-0.3, -0.25) is 0 Å². The second-order valence-corrected chi connectivity index (χ2v) is 11.6. The number of fused-ring (bicyclic) bond motifs is 1. The highest BCUT2D eigenvalue weighted by Crippen LogP contribution is 2.41. The fourth-order valence-electron chi connectivity index (χ4n) is 5.55. The molecule has 1 unspecified atom stereocenters. The van der Waals surface area contributed by atoms with Gasteiger partial charge in [-0.15, -0.1) is 0 Å². The molecule has 1 saturated heterocycles. The third-order valence-electron chi connectivity index (χ3n) is 8.00. The van der Waals surface area contributed by atoms with Crippen LogP contribution in [0.25, 0.3) is 22.3 Å². The Hall–Kier alpha value is -5.21. The highest BCUT2D eigenvalue weighted by molar-refractivity contribution is 5.93. The maximum atomic E-state index is 15.6. The third kappa shape index (κ3) is 5.84. The lowest BCUT2D eigenvalue weighted by atomic mass is 9.87. The molecule has 0 spiro atoms. The van der Waals surface area contributed by atoms with Gasteiger partial charge in [0.15, 0.2) is 0 Å². The first kappa shape index (κ1) is 29.8. The van der Waals surface area contributed by atoms with Crippen LogP contribution in [0, 0.1) is 34.2 Å². The van der Waals surface area contributed by atoms with E-state index in [2.05, 4.69) is 16.0 Å². The normalized spacial score (nSPS) is 15.7. The number of aromatic nitrogens is 3. The van der Waals surface area contributed by atoms with Crippen molar-refractivity contribution in [3.63, 3.8) is 0 Å². The van der Waals surface area contributed by atoms with E-state index in [1.807, 2.05) is 13.8 Å². The van der Waals surface area contributed by atoms with Crippen LogP contribution in [-0.2, 0) is 17.8 Å². The van der Waals surface area contributed by atoms with E-state index < -0.39 is 34.4 Å². The van der Waals surface area contributed by atoms with E-state index in [9.17, 15) is 14.3 Å². The highest BCUT2D eigenvalue weighted by atomic mass is 19.1. The molecule has 45 heavy (non-hydrogen) atoms. The van der Waals surface area contributed by atoms with Gasteiger partial charge in [0.05, 0.1) is 53.2 Å². The van der Waals surface area contributed by atoms with Gasteiger partial charge in [-0.25, -0.2) is 27.9 Å². The van der Waals surface area contributed by atoms with Crippen molar-refractivity contribution in [3.05, 3.63) is 112 Å². The molecule has 5 aromatic rings. The summed E-state index contributed by atoms with van der Waals surface area (Å²) in [5.41, 5.74) is 1.11. The Bertz CT molecular complexity index is 1980. The Morgan fingerprint density at radius 3 is 2.53 bits per heavy atom. The van der Waals surface area contributed by atoms with Crippen LogP contribution in [0.2, 0.25) is 0 Å². The molecule has 228 valence electrons. The lowest BCUT2D eigenvalue weighted by molar-refractivity contribution is 0.0692. The summed E-state index contributed by atoms with van der Waals surface area (Å²) in [6.07, 6.45) is -0.143. The summed E-state index contributed by atoms with van der Waals surface area (Å²) in [5.74, 6) is -3.25. The summed E-state index contributed by atoms with van der Waals surface area (Å²) in [6, 6.07) is 17.8. The predicted molar refractivity (Wildman–Crippen MR) is 158 cm³/mol. The minimum absolute atomic E-state index is 0.0108. The number of nitriles is 1. The van der Waals surface area contributed by atoms with Crippen molar-refractivity contribution >= 4 is 17.0 Å². The number of carbonyl (C=O) groups is 1. The average Bonchev–Trinajstić information content (AvgIpc) is 3.54. The Labute approximate surface area is 256 Å². The van der Waals surface area contributed by atoms with Gasteiger partial charge in [0.1, 0.15) is 29.9 Å². The zero-order chi connectivity index (χ0) is 31.9. The second-order valence-electron chi connectivity index (χ2n) is 11.6. The minimum atomic E-state index is -1.42. The number of halogens is 3. The molecule has 1 aliphatic rings. The van der Waals surface area contributed by atoms with Crippen LogP contribution in [0.4, 0.5) is 13.2 Å². The molecule has 0 bridgehead atoms. The molecule has 2 aromatic heterocycles. The molecule has 1 fully saturated rings. The monoisotopic (exact) mass is 612 g/mol. The van der Waals surface area contributed by atoms with Crippen LogP contribution in [0.3, 0.4) is 0 Å². The summed E-state index contributed by atoms with van der Waals surface area (Å²) in [7, 11) is 0. The van der Waals surface area contributed by atoms with E-state index >= 15 is 8.78 Å². The summed E-state index contributed by atoms with van der Waals surface area (Å²) >= 11 is 0. The number of hydrogen-bond donors (Lipinski definition) is 1. The number of carboxylic acid groups (broad SMARTS) is 1. The van der Waals surface area contributed by atoms with Crippen molar-refractivity contribution in [2.24, 2.45) is 5.41 Å². The van der Waals surface area contributed by atoms with E-state index in [-0.39, 0.29) is 53.9 Å². The number of pyridine rings is 1. The predicted octanol–water partition coefficient (Wildman–Crippen LogP) is 6.85. The van der Waals surface area contributed by atoms with Crippen LogP contribution in [-0.4, -0.2) is 38.8 Å². The van der Waals surface area contributed by atoms with Crippen LogP contribution < -0.4 is 4.74 Å². The number of benzene rings is 3. The lowest BCUT2D eigenvalue weighted by Crippen LogP contribution is -2.27. The molecule has 0 saturated carbocycles. The fourth-order valence-corrected chi connectivity index (χ4v) is 5.55. The smallest absolute Gasteiger partial charge is 0.338 e. The molecule has 3 heterocycles. The molecule has 1 N–H and O–H groups in total. The molecule has 11 heteroatoms. The van der Waals surface area contributed by atoms with Crippen LogP contribution in [0.5, 0.6) is 5.88 Å². The number of carboxylic acids is 1. The number of ether oxygens (including phenoxy) is 2. The van der Waals surface area contributed by atoms with E-state index in [1.165, 1.54) is 6.07 Å². The molecule has 8 nitrogen and oxygen atoms in total. The number of hydrogen-bond acceptors (Lipinski definition) is 6. The van der Waals surface area contributed by atoms with Gasteiger partial charge in [0.25, 0.3) is 0 Å². The number of rotatable bonds is 8. The number of aromatic carboxylic acids is 1. The van der Waals surface area contributed by atoms with Gasteiger partial charge in [0, 0.05) is 29.5 Å². The molecular formula is C34H27F3N4O4. The standard InChI is InChI=1S/C34H27F3N4O4/c1-34(2)18-44-17-30(34)41-29-13-23(33(42)43)26(37)14-28(29)39-31(41)11-21-10-25(36)22(12-24(21)35)27-4-3-5-32(40-27)45-16-20-8-6-19(15-38)7-9-20/h3-10,12-14,30H,11,16-18H2,1-2H3,(H,42,43). The van der Waals surface area contributed by atoms with Crippen molar-refractivity contribution in [1.82, 2.24) is 14.5 Å². The van der Waals surface area contributed by atoms with Gasteiger partial charge < -0.3 is 19.1 Å². The third-order valence-corrected chi connectivity index (χ3v) is 8.00. The second kappa shape index (κ2) is 11.7. The van der Waals surface area contributed by atoms with Crippen LogP contribution in [0.1, 0.15) is 52.8 Å². The first-order valence-corrected chi connectivity index (χ1v) is 14.1. The van der Waals surface area contributed by atoms with E-state index in [0.717, 1.165) is 23.8 Å². The van der Waals surface area contributed by atoms with Crippen molar-refractivity contribution in [3.8, 4) is 23.2 Å². The van der Waals surface area contributed by atoms with Gasteiger partial charge in [0.2, 0.25) is 5.88 Å². The van der Waals surface area contributed by atoms with E-state index in [1.54, 1.807) is 47.0 Å². The van der Waals surface area contributed by atoms with Gasteiger partial charge in [-0.05, 0) is 47.5 Å². The average molecular weight is 613 g/mol. The summed E-state index contributed by atoms with van der Waals surface area (Å²) < 4.78 is 59.0. The number of imidazole rings is 1. The van der Waals surface area contributed by atoms with Crippen LogP contribution in [0.15, 0.2) is 66.7 Å². The van der Waals surface area contributed by atoms with Crippen molar-refractivity contribution in [1.29, 1.82) is 5.26 Å². The summed E-state index contributed by atoms with van der Waals surface area (Å²) in [5, 5.41) is 18.5. The van der Waals surface area contributed by atoms with Gasteiger partial charge in [-0.1, -0.05) is 32.0 Å². The Balaban J connectivity index is 1.32. The number of nitrogens with zero attached hydrogens (tertiary/aromatic N) is 4. The largest absolute Gasteiger partial charge is 0.478 e. The molecule has 0 aliphatic carbocycles. The van der Waals surface area contributed by atoms with E-state index in [0.29, 0.717) is 23.5 Å². The summed E-state index contributed by atoms with van der Waals surface area (Å²) in [4.78, 5) is 20.6. The summed E-state index contributed by atoms with van der Waals surface area (Å²) in [6.45, 7) is 4.83. The molecule has 0 radical (unpaired) electrons. The maximum Gasteiger partial charge on any atom is 0.338 e. The highest BCUT2D eigenvalue weighted by Gasteiger charge is 2.39. The maximum absolute atomic E-state index is 15.6. The van der Waals surface area contributed by atoms with Crippen molar-refractivity contribution in [2.75, 3.05) is 13.2 Å². The zero-order valence-electron chi connectivity index (χ0n) is 24.4. The quantitative estimate of drug-likeness (QED) is 0.204. The lowest BCUT2D eigenvalue weighted by Gasteiger charge is -2.28.